The highest BCUT2D eigenvalue weighted by Gasteiger charge is 2.14. The molecule has 1 aromatic heterocycles. The van der Waals surface area contributed by atoms with Crippen LogP contribution in [0.2, 0.25) is 0 Å². The highest BCUT2D eigenvalue weighted by Crippen LogP contribution is 2.29. The van der Waals surface area contributed by atoms with Crippen molar-refractivity contribution in [1.82, 2.24) is 0 Å². The second-order valence-electron chi connectivity index (χ2n) is 5.07. The maximum atomic E-state index is 14.0. The monoisotopic (exact) mass is 294 g/mol. The summed E-state index contributed by atoms with van der Waals surface area (Å²) in [6, 6.07) is 13.4. The molecule has 0 aliphatic rings. The molecule has 4 heteroatoms. The molecule has 0 aliphatic carbocycles. The molecule has 1 heterocycles. The van der Waals surface area contributed by atoms with Crippen molar-refractivity contribution in [2.75, 3.05) is 7.11 Å². The summed E-state index contributed by atoms with van der Waals surface area (Å²) in [7, 11) is 1.56. The van der Waals surface area contributed by atoms with Crippen LogP contribution in [0.1, 0.15) is 0 Å². The predicted octanol–water partition coefficient (Wildman–Crippen LogP) is 4.25. The molecule has 0 unspecified atom stereocenters. The predicted molar refractivity (Wildman–Crippen MR) is 84.0 cm³/mol. The Bertz CT molecular complexity index is 1100. The zero-order valence-corrected chi connectivity index (χ0v) is 11.7. The number of hydrogen-bond acceptors (Lipinski definition) is 3. The SMILES string of the molecule is COc1ccc2ccc3oc4cccc(F)c4c(=O)c3c2c1. The van der Waals surface area contributed by atoms with Crippen LogP contribution in [0.5, 0.6) is 5.75 Å². The smallest absolute Gasteiger partial charge is 0.204 e. The van der Waals surface area contributed by atoms with E-state index in [4.69, 9.17) is 9.15 Å². The third kappa shape index (κ3) is 1.70. The average Bonchev–Trinajstić information content (AvgIpc) is 2.53. The molecule has 108 valence electrons. The van der Waals surface area contributed by atoms with Crippen LogP contribution >= 0.6 is 0 Å². The molecule has 4 aromatic rings. The Labute approximate surface area is 124 Å². The van der Waals surface area contributed by atoms with E-state index in [1.54, 1.807) is 25.3 Å². The van der Waals surface area contributed by atoms with Crippen LogP contribution < -0.4 is 10.2 Å². The van der Waals surface area contributed by atoms with Crippen molar-refractivity contribution in [3.05, 3.63) is 64.6 Å². The number of halogens is 1. The van der Waals surface area contributed by atoms with Gasteiger partial charge in [0, 0.05) is 5.39 Å². The van der Waals surface area contributed by atoms with Crippen LogP contribution in [0.15, 0.2) is 57.7 Å². The van der Waals surface area contributed by atoms with E-state index in [1.165, 1.54) is 12.1 Å². The van der Waals surface area contributed by atoms with Gasteiger partial charge in [0.15, 0.2) is 0 Å². The van der Waals surface area contributed by atoms with Gasteiger partial charge in [0.05, 0.1) is 12.5 Å². The Hall–Kier alpha value is -2.88. The molecular formula is C18H11FO3. The molecule has 0 saturated heterocycles. The summed E-state index contributed by atoms with van der Waals surface area (Å²) in [6.07, 6.45) is 0. The fourth-order valence-electron chi connectivity index (χ4n) is 2.78. The molecule has 0 radical (unpaired) electrons. The van der Waals surface area contributed by atoms with Gasteiger partial charge in [-0.1, -0.05) is 18.2 Å². The lowest BCUT2D eigenvalue weighted by atomic mass is 10.0. The normalized spacial score (nSPS) is 11.4. The van der Waals surface area contributed by atoms with Crippen LogP contribution in [0.3, 0.4) is 0 Å². The van der Waals surface area contributed by atoms with Crippen molar-refractivity contribution in [2.24, 2.45) is 0 Å². The average molecular weight is 294 g/mol. The van der Waals surface area contributed by atoms with E-state index < -0.39 is 5.82 Å². The molecule has 0 fully saturated rings. The zero-order chi connectivity index (χ0) is 15.3. The standard InChI is InChI=1S/C18H11FO3/c1-21-11-7-5-10-6-8-15-16(12(10)9-11)18(20)17-13(19)3-2-4-14(17)22-15/h2-9H,1H3. The largest absolute Gasteiger partial charge is 0.497 e. The van der Waals surface area contributed by atoms with Gasteiger partial charge in [0.2, 0.25) is 5.43 Å². The molecule has 22 heavy (non-hydrogen) atoms. The summed E-state index contributed by atoms with van der Waals surface area (Å²) >= 11 is 0. The highest BCUT2D eigenvalue weighted by atomic mass is 19.1. The lowest BCUT2D eigenvalue weighted by Crippen LogP contribution is -2.05. The first kappa shape index (κ1) is 12.8. The highest BCUT2D eigenvalue weighted by molar-refractivity contribution is 6.08. The van der Waals surface area contributed by atoms with E-state index in [2.05, 4.69) is 0 Å². The maximum Gasteiger partial charge on any atom is 0.204 e. The van der Waals surface area contributed by atoms with Gasteiger partial charge in [-0.05, 0) is 35.7 Å². The molecular weight excluding hydrogens is 283 g/mol. The second kappa shape index (κ2) is 4.56. The molecule has 0 atom stereocenters. The fraction of sp³-hybridized carbons (Fsp3) is 0.0556. The number of hydrogen-bond donors (Lipinski definition) is 0. The first-order valence-electron chi connectivity index (χ1n) is 6.81. The van der Waals surface area contributed by atoms with E-state index >= 15 is 0 Å². The van der Waals surface area contributed by atoms with Crippen LogP contribution in [0.4, 0.5) is 4.39 Å². The van der Waals surface area contributed by atoms with Gasteiger partial charge in [-0.15, -0.1) is 0 Å². The number of ether oxygens (including phenoxy) is 1. The van der Waals surface area contributed by atoms with Crippen molar-refractivity contribution < 1.29 is 13.5 Å². The van der Waals surface area contributed by atoms with Crippen LogP contribution in [-0.4, -0.2) is 7.11 Å². The van der Waals surface area contributed by atoms with E-state index in [0.717, 1.165) is 5.39 Å². The van der Waals surface area contributed by atoms with Gasteiger partial charge in [-0.25, -0.2) is 4.39 Å². The molecule has 0 amide bonds. The molecule has 0 spiro atoms. The molecule has 0 bridgehead atoms. The van der Waals surface area contributed by atoms with Crippen molar-refractivity contribution in [3.8, 4) is 5.75 Å². The Kier molecular flexibility index (Phi) is 2.66. The number of rotatable bonds is 1. The molecule has 0 N–H and O–H groups in total. The fourth-order valence-corrected chi connectivity index (χ4v) is 2.78. The molecule has 4 rings (SSSR count). The summed E-state index contributed by atoms with van der Waals surface area (Å²) in [6.45, 7) is 0. The van der Waals surface area contributed by atoms with Gasteiger partial charge in [-0.2, -0.15) is 0 Å². The van der Waals surface area contributed by atoms with E-state index in [0.29, 0.717) is 22.1 Å². The third-order valence-corrected chi connectivity index (χ3v) is 3.84. The molecule has 3 nitrogen and oxygen atoms in total. The van der Waals surface area contributed by atoms with Gasteiger partial charge < -0.3 is 9.15 Å². The van der Waals surface area contributed by atoms with Gasteiger partial charge in [0.1, 0.15) is 28.1 Å². The summed E-state index contributed by atoms with van der Waals surface area (Å²) in [4.78, 5) is 12.8. The minimum absolute atomic E-state index is 0.0229. The Morgan fingerprint density at radius 3 is 2.59 bits per heavy atom. The lowest BCUT2D eigenvalue weighted by Gasteiger charge is -2.07. The summed E-state index contributed by atoms with van der Waals surface area (Å²) in [5.41, 5.74) is 0.316. The first-order valence-corrected chi connectivity index (χ1v) is 6.81. The van der Waals surface area contributed by atoms with Gasteiger partial charge >= 0.3 is 0 Å². The van der Waals surface area contributed by atoms with Crippen LogP contribution in [0, 0.1) is 5.82 Å². The zero-order valence-electron chi connectivity index (χ0n) is 11.7. The van der Waals surface area contributed by atoms with Gasteiger partial charge in [0.25, 0.3) is 0 Å². The van der Waals surface area contributed by atoms with Gasteiger partial charge in [-0.3, -0.25) is 4.79 Å². The lowest BCUT2D eigenvalue weighted by molar-refractivity contribution is 0.415. The minimum atomic E-state index is -0.576. The topological polar surface area (TPSA) is 39.4 Å². The van der Waals surface area contributed by atoms with Crippen molar-refractivity contribution in [1.29, 1.82) is 0 Å². The molecule has 0 saturated carbocycles. The van der Waals surface area contributed by atoms with Crippen LogP contribution in [0.25, 0.3) is 32.7 Å². The van der Waals surface area contributed by atoms with Crippen molar-refractivity contribution in [2.45, 2.75) is 0 Å². The molecule has 0 aliphatic heterocycles. The van der Waals surface area contributed by atoms with Crippen molar-refractivity contribution >= 4 is 32.7 Å². The first-order chi connectivity index (χ1) is 10.7. The summed E-state index contributed by atoms with van der Waals surface area (Å²) < 4.78 is 25.0. The Morgan fingerprint density at radius 2 is 1.77 bits per heavy atom. The summed E-state index contributed by atoms with van der Waals surface area (Å²) in [5.74, 6) is 0.0566. The van der Waals surface area contributed by atoms with E-state index in [-0.39, 0.29) is 16.4 Å². The third-order valence-electron chi connectivity index (χ3n) is 3.84. The quantitative estimate of drug-likeness (QED) is 0.389. The van der Waals surface area contributed by atoms with Crippen LogP contribution in [-0.2, 0) is 0 Å². The molecule has 3 aromatic carbocycles. The minimum Gasteiger partial charge on any atom is -0.497 e. The maximum absolute atomic E-state index is 14.0. The van der Waals surface area contributed by atoms with E-state index in [1.807, 2.05) is 18.2 Å². The summed E-state index contributed by atoms with van der Waals surface area (Å²) in [5, 5.41) is 1.91. The second-order valence-corrected chi connectivity index (χ2v) is 5.07. The Balaban J connectivity index is 2.30. The number of benzene rings is 3. The van der Waals surface area contributed by atoms with Crippen molar-refractivity contribution in [3.63, 3.8) is 0 Å². The number of methoxy groups -OCH3 is 1. The Morgan fingerprint density at radius 1 is 1.00 bits per heavy atom. The number of fused-ring (bicyclic) bond motifs is 4. The van der Waals surface area contributed by atoms with E-state index in [9.17, 15) is 9.18 Å².